The molecule has 0 unspecified atom stereocenters. The van der Waals surface area contributed by atoms with Crippen LogP contribution in [0.3, 0.4) is 0 Å². The van der Waals surface area contributed by atoms with E-state index in [0.717, 1.165) is 32.4 Å². The molecule has 0 amide bonds. The zero-order valence-electron chi connectivity index (χ0n) is 11.9. The van der Waals surface area contributed by atoms with Gasteiger partial charge in [0.05, 0.1) is 5.52 Å². The average Bonchev–Trinajstić information content (AvgIpc) is 2.72. The molecule has 1 aromatic heterocycles. The van der Waals surface area contributed by atoms with Crippen molar-refractivity contribution in [3.05, 3.63) is 35.0 Å². The predicted molar refractivity (Wildman–Crippen MR) is 80.5 cm³/mol. The van der Waals surface area contributed by atoms with Crippen LogP contribution in [0.4, 0.5) is 0 Å². The largest absolute Gasteiger partial charge is 0.396 e. The van der Waals surface area contributed by atoms with Gasteiger partial charge in [-0.05, 0) is 56.8 Å². The first-order valence-electron chi connectivity index (χ1n) is 7.07. The van der Waals surface area contributed by atoms with E-state index in [0.29, 0.717) is 0 Å². The van der Waals surface area contributed by atoms with Gasteiger partial charge in [-0.1, -0.05) is 11.6 Å². The molecule has 0 aliphatic carbocycles. The van der Waals surface area contributed by atoms with Crippen LogP contribution in [0.1, 0.15) is 29.5 Å². The fourth-order valence-electron chi connectivity index (χ4n) is 2.81. The second kappa shape index (κ2) is 6.22. The van der Waals surface area contributed by atoms with Gasteiger partial charge in [-0.2, -0.15) is 0 Å². The Morgan fingerprint density at radius 3 is 2.68 bits per heavy atom. The number of fused-ring (bicyclic) bond motifs is 1. The number of aliphatic hydroxyl groups excluding tert-OH is 1. The lowest BCUT2D eigenvalue weighted by Gasteiger charge is -2.07. The van der Waals surface area contributed by atoms with Crippen LogP contribution in [0.25, 0.3) is 10.9 Å². The summed E-state index contributed by atoms with van der Waals surface area (Å²) < 4.78 is 2.32. The molecule has 0 saturated heterocycles. The Labute approximate surface area is 115 Å². The number of nitrogens with zero attached hydrogens (tertiary/aromatic N) is 1. The lowest BCUT2D eigenvalue weighted by Crippen LogP contribution is -2.05. The lowest BCUT2D eigenvalue weighted by atomic mass is 10.0. The van der Waals surface area contributed by atoms with Crippen molar-refractivity contribution in [3.8, 4) is 0 Å². The van der Waals surface area contributed by atoms with E-state index in [1.807, 2.05) is 0 Å². The molecule has 2 rings (SSSR count). The molecule has 1 heterocycles. The SMILES string of the molecule is Cc1cc(C)c2c(c1)c(CCCO)cn2CCCN. The van der Waals surface area contributed by atoms with Crippen molar-refractivity contribution in [2.45, 2.75) is 39.7 Å². The molecular weight excluding hydrogens is 236 g/mol. The summed E-state index contributed by atoms with van der Waals surface area (Å²) in [7, 11) is 0. The van der Waals surface area contributed by atoms with Gasteiger partial charge in [-0.25, -0.2) is 0 Å². The van der Waals surface area contributed by atoms with E-state index < -0.39 is 0 Å². The molecule has 0 spiro atoms. The van der Waals surface area contributed by atoms with Crippen molar-refractivity contribution < 1.29 is 5.11 Å². The summed E-state index contributed by atoms with van der Waals surface area (Å²) in [5, 5.41) is 10.4. The molecule has 0 radical (unpaired) electrons. The van der Waals surface area contributed by atoms with Gasteiger partial charge in [-0.3, -0.25) is 0 Å². The second-order valence-electron chi connectivity index (χ2n) is 5.30. The molecule has 3 heteroatoms. The molecule has 2 aromatic rings. The van der Waals surface area contributed by atoms with Crippen LogP contribution in [0.15, 0.2) is 18.3 Å². The van der Waals surface area contributed by atoms with Crippen LogP contribution in [0, 0.1) is 13.8 Å². The minimum absolute atomic E-state index is 0.250. The van der Waals surface area contributed by atoms with Crippen molar-refractivity contribution in [2.75, 3.05) is 13.2 Å². The van der Waals surface area contributed by atoms with E-state index >= 15 is 0 Å². The minimum atomic E-state index is 0.250. The summed E-state index contributed by atoms with van der Waals surface area (Å²) in [6.07, 6.45) is 4.99. The molecule has 3 N–H and O–H groups in total. The maximum atomic E-state index is 9.03. The average molecular weight is 260 g/mol. The third-order valence-corrected chi connectivity index (χ3v) is 3.60. The zero-order valence-corrected chi connectivity index (χ0v) is 11.9. The molecule has 0 aliphatic heterocycles. The van der Waals surface area contributed by atoms with Gasteiger partial charge in [0.25, 0.3) is 0 Å². The van der Waals surface area contributed by atoms with Gasteiger partial charge < -0.3 is 15.4 Å². The molecule has 1 aromatic carbocycles. The van der Waals surface area contributed by atoms with Gasteiger partial charge in [-0.15, -0.1) is 0 Å². The highest BCUT2D eigenvalue weighted by Crippen LogP contribution is 2.27. The first-order chi connectivity index (χ1) is 9.17. The van der Waals surface area contributed by atoms with Crippen LogP contribution >= 0.6 is 0 Å². The number of aliphatic hydroxyl groups is 1. The van der Waals surface area contributed by atoms with Crippen LogP contribution in [0.2, 0.25) is 0 Å². The second-order valence-corrected chi connectivity index (χ2v) is 5.30. The summed E-state index contributed by atoms with van der Waals surface area (Å²) in [4.78, 5) is 0. The van der Waals surface area contributed by atoms with Crippen LogP contribution in [-0.2, 0) is 13.0 Å². The first kappa shape index (κ1) is 14.1. The number of rotatable bonds is 6. The Morgan fingerprint density at radius 2 is 2.00 bits per heavy atom. The Hall–Kier alpha value is -1.32. The number of aromatic nitrogens is 1. The topological polar surface area (TPSA) is 51.2 Å². The molecular formula is C16H24N2O. The number of hydrogen-bond donors (Lipinski definition) is 2. The van der Waals surface area contributed by atoms with Crippen LogP contribution in [-0.4, -0.2) is 22.8 Å². The fraction of sp³-hybridized carbons (Fsp3) is 0.500. The van der Waals surface area contributed by atoms with Crippen LogP contribution < -0.4 is 5.73 Å². The number of nitrogens with two attached hydrogens (primary N) is 1. The molecule has 0 fully saturated rings. The summed E-state index contributed by atoms with van der Waals surface area (Å²) in [6, 6.07) is 4.49. The highest BCUT2D eigenvalue weighted by atomic mass is 16.2. The van der Waals surface area contributed by atoms with Crippen molar-refractivity contribution in [1.29, 1.82) is 0 Å². The van der Waals surface area contributed by atoms with Crippen molar-refractivity contribution in [3.63, 3.8) is 0 Å². The maximum Gasteiger partial charge on any atom is 0.0513 e. The van der Waals surface area contributed by atoms with Gasteiger partial charge in [0.2, 0.25) is 0 Å². The highest BCUT2D eigenvalue weighted by molar-refractivity contribution is 5.87. The van der Waals surface area contributed by atoms with E-state index in [2.05, 4.69) is 36.7 Å². The Kier molecular flexibility index (Phi) is 4.61. The van der Waals surface area contributed by atoms with Crippen molar-refractivity contribution in [2.24, 2.45) is 5.73 Å². The smallest absolute Gasteiger partial charge is 0.0513 e. The standard InChI is InChI=1S/C16H24N2O/c1-12-9-13(2)16-15(10-12)14(5-3-8-19)11-18(16)7-4-6-17/h9-11,19H,3-8,17H2,1-2H3. The van der Waals surface area contributed by atoms with Crippen LogP contribution in [0.5, 0.6) is 0 Å². The Morgan fingerprint density at radius 1 is 1.21 bits per heavy atom. The van der Waals surface area contributed by atoms with Gasteiger partial charge in [0.15, 0.2) is 0 Å². The monoisotopic (exact) mass is 260 g/mol. The lowest BCUT2D eigenvalue weighted by molar-refractivity contribution is 0.288. The van der Waals surface area contributed by atoms with E-state index in [1.165, 1.54) is 27.6 Å². The molecule has 0 aliphatic rings. The molecule has 3 nitrogen and oxygen atoms in total. The van der Waals surface area contributed by atoms with Crippen molar-refractivity contribution >= 4 is 10.9 Å². The van der Waals surface area contributed by atoms with E-state index in [4.69, 9.17) is 10.8 Å². The minimum Gasteiger partial charge on any atom is -0.396 e. The summed E-state index contributed by atoms with van der Waals surface area (Å²) in [6.45, 7) is 6.25. The number of hydrogen-bond acceptors (Lipinski definition) is 2. The Bertz CT molecular complexity index is 557. The number of aryl methyl sites for hydroxylation is 4. The van der Waals surface area contributed by atoms with Gasteiger partial charge in [0, 0.05) is 24.7 Å². The molecule has 19 heavy (non-hydrogen) atoms. The quantitative estimate of drug-likeness (QED) is 0.838. The third kappa shape index (κ3) is 2.99. The highest BCUT2D eigenvalue weighted by Gasteiger charge is 2.11. The van der Waals surface area contributed by atoms with E-state index in [9.17, 15) is 0 Å². The molecule has 0 bridgehead atoms. The van der Waals surface area contributed by atoms with E-state index in [-0.39, 0.29) is 6.61 Å². The van der Waals surface area contributed by atoms with Crippen molar-refractivity contribution in [1.82, 2.24) is 4.57 Å². The summed E-state index contributed by atoms with van der Waals surface area (Å²) in [5.41, 5.74) is 10.9. The zero-order chi connectivity index (χ0) is 13.8. The summed E-state index contributed by atoms with van der Waals surface area (Å²) in [5.74, 6) is 0. The molecule has 0 atom stereocenters. The molecule has 0 saturated carbocycles. The predicted octanol–water partition coefficient (Wildman–Crippen LogP) is 2.53. The maximum absolute atomic E-state index is 9.03. The van der Waals surface area contributed by atoms with Gasteiger partial charge in [0.1, 0.15) is 0 Å². The molecule has 104 valence electrons. The summed E-state index contributed by atoms with van der Waals surface area (Å²) >= 11 is 0. The first-order valence-corrected chi connectivity index (χ1v) is 7.07. The fourth-order valence-corrected chi connectivity index (χ4v) is 2.81. The Balaban J connectivity index is 2.49. The van der Waals surface area contributed by atoms with E-state index in [1.54, 1.807) is 0 Å². The number of benzene rings is 1. The third-order valence-electron chi connectivity index (χ3n) is 3.60. The normalized spacial score (nSPS) is 11.4. The van der Waals surface area contributed by atoms with Gasteiger partial charge >= 0.3 is 0 Å².